The van der Waals surface area contributed by atoms with Crippen molar-refractivity contribution in [1.82, 2.24) is 0 Å². The predicted molar refractivity (Wildman–Crippen MR) is 86.9 cm³/mol. The third kappa shape index (κ3) is 4.96. The Bertz CT molecular complexity index is 477. The molecule has 1 aliphatic heterocycles. The van der Waals surface area contributed by atoms with Crippen LogP contribution in [0.5, 0.6) is 0 Å². The normalized spacial score (nSPS) is 19.2. The SMILES string of the molecule is CC1CCCN(c2ccc(NC(=O)OC(C)(C)C)cc2)C1. The number of piperidine rings is 1. The first-order valence-corrected chi connectivity index (χ1v) is 7.68. The maximum atomic E-state index is 11.7. The highest BCUT2D eigenvalue weighted by Crippen LogP contribution is 2.24. The fourth-order valence-electron chi connectivity index (χ4n) is 2.60. The van der Waals surface area contributed by atoms with E-state index in [2.05, 4.69) is 29.3 Å². The highest BCUT2D eigenvalue weighted by Gasteiger charge is 2.18. The minimum Gasteiger partial charge on any atom is -0.444 e. The van der Waals surface area contributed by atoms with Gasteiger partial charge in [0.15, 0.2) is 0 Å². The minimum atomic E-state index is -0.478. The molecule has 4 heteroatoms. The maximum absolute atomic E-state index is 11.7. The van der Waals surface area contributed by atoms with Gasteiger partial charge in [-0.3, -0.25) is 5.32 Å². The number of nitrogens with zero attached hydrogens (tertiary/aromatic N) is 1. The number of carbonyl (C=O) groups excluding carboxylic acids is 1. The van der Waals surface area contributed by atoms with E-state index in [1.165, 1.54) is 18.5 Å². The maximum Gasteiger partial charge on any atom is 0.412 e. The van der Waals surface area contributed by atoms with E-state index in [0.29, 0.717) is 0 Å². The fourth-order valence-corrected chi connectivity index (χ4v) is 2.60. The van der Waals surface area contributed by atoms with Gasteiger partial charge in [-0.05, 0) is 63.8 Å². The van der Waals surface area contributed by atoms with Crippen LogP contribution in [0.15, 0.2) is 24.3 Å². The molecule has 1 saturated heterocycles. The Kier molecular flexibility index (Phi) is 4.76. The molecule has 2 rings (SSSR count). The Morgan fingerprint density at radius 3 is 2.52 bits per heavy atom. The molecule has 0 aliphatic carbocycles. The van der Waals surface area contributed by atoms with Gasteiger partial charge in [0.05, 0.1) is 0 Å². The number of ether oxygens (including phenoxy) is 1. The zero-order chi connectivity index (χ0) is 15.5. The monoisotopic (exact) mass is 290 g/mol. The molecule has 0 radical (unpaired) electrons. The van der Waals surface area contributed by atoms with Crippen LogP contribution < -0.4 is 10.2 Å². The summed E-state index contributed by atoms with van der Waals surface area (Å²) in [6, 6.07) is 7.98. The first-order chi connectivity index (χ1) is 9.83. The van der Waals surface area contributed by atoms with Gasteiger partial charge in [0.1, 0.15) is 5.60 Å². The van der Waals surface area contributed by atoms with E-state index in [4.69, 9.17) is 4.74 Å². The van der Waals surface area contributed by atoms with E-state index >= 15 is 0 Å². The van der Waals surface area contributed by atoms with Crippen molar-refractivity contribution in [1.29, 1.82) is 0 Å². The van der Waals surface area contributed by atoms with Gasteiger partial charge in [-0.15, -0.1) is 0 Å². The molecule has 116 valence electrons. The summed E-state index contributed by atoms with van der Waals surface area (Å²) in [6.45, 7) is 10.1. The molecule has 0 aromatic heterocycles. The van der Waals surface area contributed by atoms with Crippen LogP contribution in [0.25, 0.3) is 0 Å². The highest BCUT2D eigenvalue weighted by molar-refractivity contribution is 5.85. The average molecular weight is 290 g/mol. The molecule has 1 aromatic carbocycles. The van der Waals surface area contributed by atoms with Crippen LogP contribution in [-0.4, -0.2) is 24.8 Å². The van der Waals surface area contributed by atoms with Gasteiger partial charge >= 0.3 is 6.09 Å². The third-order valence-corrected chi connectivity index (χ3v) is 3.53. The summed E-state index contributed by atoms with van der Waals surface area (Å²) in [5, 5.41) is 2.76. The van der Waals surface area contributed by atoms with E-state index < -0.39 is 11.7 Å². The molecule has 1 fully saturated rings. The summed E-state index contributed by atoms with van der Waals surface area (Å²) in [5.74, 6) is 0.748. The number of carbonyl (C=O) groups is 1. The second-order valence-corrected chi connectivity index (χ2v) is 6.87. The van der Waals surface area contributed by atoms with Gasteiger partial charge in [-0.25, -0.2) is 4.79 Å². The van der Waals surface area contributed by atoms with Gasteiger partial charge in [0.25, 0.3) is 0 Å². The lowest BCUT2D eigenvalue weighted by Gasteiger charge is -2.32. The molecule has 1 amide bonds. The first kappa shape index (κ1) is 15.7. The lowest BCUT2D eigenvalue weighted by Crippen LogP contribution is -2.34. The molecule has 1 atom stereocenters. The van der Waals surface area contributed by atoms with Crippen molar-refractivity contribution in [2.45, 2.75) is 46.1 Å². The van der Waals surface area contributed by atoms with Crippen molar-refractivity contribution < 1.29 is 9.53 Å². The summed E-state index contributed by atoms with van der Waals surface area (Å²) < 4.78 is 5.24. The molecule has 4 nitrogen and oxygen atoms in total. The van der Waals surface area contributed by atoms with Crippen molar-refractivity contribution >= 4 is 17.5 Å². The quantitative estimate of drug-likeness (QED) is 0.884. The lowest BCUT2D eigenvalue weighted by atomic mass is 10.00. The smallest absolute Gasteiger partial charge is 0.412 e. The van der Waals surface area contributed by atoms with Crippen LogP contribution >= 0.6 is 0 Å². The molecular weight excluding hydrogens is 264 g/mol. The van der Waals surface area contributed by atoms with E-state index in [1.807, 2.05) is 32.9 Å². The Hall–Kier alpha value is -1.71. The van der Waals surface area contributed by atoms with Gasteiger partial charge in [0.2, 0.25) is 0 Å². The Morgan fingerprint density at radius 1 is 1.29 bits per heavy atom. The van der Waals surface area contributed by atoms with Gasteiger partial charge in [0, 0.05) is 24.5 Å². The van der Waals surface area contributed by atoms with E-state index in [9.17, 15) is 4.79 Å². The first-order valence-electron chi connectivity index (χ1n) is 7.68. The Morgan fingerprint density at radius 2 is 1.95 bits per heavy atom. The number of benzene rings is 1. The topological polar surface area (TPSA) is 41.6 Å². The zero-order valence-corrected chi connectivity index (χ0v) is 13.5. The van der Waals surface area contributed by atoms with Crippen LogP contribution in [-0.2, 0) is 4.74 Å². The predicted octanol–water partition coefficient (Wildman–Crippen LogP) is 4.27. The molecule has 1 aliphatic rings. The average Bonchev–Trinajstić information content (AvgIpc) is 2.37. The largest absolute Gasteiger partial charge is 0.444 e. The van der Waals surface area contributed by atoms with Gasteiger partial charge in [-0.1, -0.05) is 6.92 Å². The zero-order valence-electron chi connectivity index (χ0n) is 13.5. The number of hydrogen-bond acceptors (Lipinski definition) is 3. The van der Waals surface area contributed by atoms with Crippen molar-refractivity contribution in [3.05, 3.63) is 24.3 Å². The summed E-state index contributed by atoms with van der Waals surface area (Å²) in [7, 11) is 0. The van der Waals surface area contributed by atoms with Crippen LogP contribution in [0, 0.1) is 5.92 Å². The summed E-state index contributed by atoms with van der Waals surface area (Å²) >= 11 is 0. The number of rotatable bonds is 2. The highest BCUT2D eigenvalue weighted by atomic mass is 16.6. The Balaban J connectivity index is 1.94. The number of hydrogen-bond donors (Lipinski definition) is 1. The van der Waals surface area contributed by atoms with Gasteiger partial charge in [-0.2, -0.15) is 0 Å². The van der Waals surface area contributed by atoms with E-state index in [0.717, 1.165) is 24.7 Å². The molecule has 1 unspecified atom stereocenters. The van der Waals surface area contributed by atoms with Crippen LogP contribution in [0.4, 0.5) is 16.2 Å². The van der Waals surface area contributed by atoms with Crippen LogP contribution in [0.2, 0.25) is 0 Å². The molecule has 1 aromatic rings. The third-order valence-electron chi connectivity index (χ3n) is 3.53. The van der Waals surface area contributed by atoms with Crippen LogP contribution in [0.1, 0.15) is 40.5 Å². The standard InChI is InChI=1S/C17H26N2O2/c1-13-6-5-11-19(12-13)15-9-7-14(8-10-15)18-16(20)21-17(2,3)4/h7-10,13H,5-6,11-12H2,1-4H3,(H,18,20). The second-order valence-electron chi connectivity index (χ2n) is 6.87. The molecule has 0 bridgehead atoms. The fraction of sp³-hybridized carbons (Fsp3) is 0.588. The minimum absolute atomic E-state index is 0.415. The van der Waals surface area contributed by atoms with E-state index in [-0.39, 0.29) is 0 Å². The lowest BCUT2D eigenvalue weighted by molar-refractivity contribution is 0.0636. The van der Waals surface area contributed by atoms with Crippen molar-refractivity contribution in [2.75, 3.05) is 23.3 Å². The summed E-state index contributed by atoms with van der Waals surface area (Å²) in [6.07, 6.45) is 2.15. The Labute approximate surface area is 127 Å². The summed E-state index contributed by atoms with van der Waals surface area (Å²) in [5.41, 5.74) is 1.50. The van der Waals surface area contributed by atoms with Crippen molar-refractivity contribution in [3.8, 4) is 0 Å². The van der Waals surface area contributed by atoms with E-state index in [1.54, 1.807) is 0 Å². The summed E-state index contributed by atoms with van der Waals surface area (Å²) in [4.78, 5) is 14.1. The molecule has 0 spiro atoms. The second kappa shape index (κ2) is 6.37. The number of nitrogens with one attached hydrogen (secondary N) is 1. The molecule has 1 heterocycles. The molecular formula is C17H26N2O2. The van der Waals surface area contributed by atoms with Crippen molar-refractivity contribution in [3.63, 3.8) is 0 Å². The van der Waals surface area contributed by atoms with Gasteiger partial charge < -0.3 is 9.64 Å². The van der Waals surface area contributed by atoms with Crippen molar-refractivity contribution in [2.24, 2.45) is 5.92 Å². The number of amides is 1. The molecule has 21 heavy (non-hydrogen) atoms. The molecule has 0 saturated carbocycles. The van der Waals surface area contributed by atoms with Crippen LogP contribution in [0.3, 0.4) is 0 Å². The number of anilines is 2. The molecule has 1 N–H and O–H groups in total.